The van der Waals surface area contributed by atoms with Crippen LogP contribution in [0.15, 0.2) is 18.3 Å². The zero-order valence-corrected chi connectivity index (χ0v) is 10.3. The molecule has 1 aromatic rings. The van der Waals surface area contributed by atoms with Crippen LogP contribution in [0.25, 0.3) is 0 Å². The summed E-state index contributed by atoms with van der Waals surface area (Å²) in [6.45, 7) is 5.86. The molecule has 0 spiro atoms. The molecule has 0 N–H and O–H groups in total. The number of amides is 1. The van der Waals surface area contributed by atoms with E-state index in [0.29, 0.717) is 18.4 Å². The summed E-state index contributed by atoms with van der Waals surface area (Å²) < 4.78 is 5.31. The molecule has 0 radical (unpaired) electrons. The van der Waals surface area contributed by atoms with Gasteiger partial charge in [-0.05, 0) is 18.9 Å². The van der Waals surface area contributed by atoms with Crippen LogP contribution in [0.2, 0.25) is 0 Å². The summed E-state index contributed by atoms with van der Waals surface area (Å²) in [5, 5.41) is 0. The monoisotopic (exact) mass is 234 g/mol. The van der Waals surface area contributed by atoms with Crippen molar-refractivity contribution in [3.63, 3.8) is 0 Å². The summed E-state index contributed by atoms with van der Waals surface area (Å²) in [7, 11) is 0. The van der Waals surface area contributed by atoms with Gasteiger partial charge < -0.3 is 9.64 Å². The van der Waals surface area contributed by atoms with Gasteiger partial charge in [-0.1, -0.05) is 6.07 Å². The fourth-order valence-electron chi connectivity index (χ4n) is 2.18. The van der Waals surface area contributed by atoms with Gasteiger partial charge >= 0.3 is 0 Å². The molecule has 1 unspecified atom stereocenters. The molecule has 2 rings (SSSR count). The maximum Gasteiger partial charge on any atom is 0.219 e. The normalized spacial score (nSPS) is 19.4. The molecule has 1 amide bonds. The van der Waals surface area contributed by atoms with Crippen molar-refractivity contribution < 1.29 is 9.53 Å². The van der Waals surface area contributed by atoms with Crippen molar-refractivity contribution in [1.82, 2.24) is 9.88 Å². The number of aromatic nitrogens is 1. The smallest absolute Gasteiger partial charge is 0.219 e. The fraction of sp³-hybridized carbons (Fsp3) is 0.538. The highest BCUT2D eigenvalue weighted by molar-refractivity contribution is 5.73. The molecule has 1 atom stereocenters. The Morgan fingerprint density at radius 2 is 2.41 bits per heavy atom. The maximum absolute atomic E-state index is 11.3. The molecule has 4 nitrogen and oxygen atoms in total. The molecular weight excluding hydrogens is 216 g/mol. The molecule has 4 heteroatoms. The third kappa shape index (κ3) is 2.75. The van der Waals surface area contributed by atoms with Gasteiger partial charge in [0.15, 0.2) is 0 Å². The third-order valence-corrected chi connectivity index (χ3v) is 3.16. The van der Waals surface area contributed by atoms with Crippen molar-refractivity contribution >= 4 is 5.91 Å². The molecule has 1 saturated heterocycles. The standard InChI is InChI=1S/C13H18N2O2/c1-3-17-13-5-4-11(8-14-13)12-6-7-15(9-12)10(2)16/h4-5,8,12H,3,6-7,9H2,1-2H3. The number of hydrogen-bond donors (Lipinski definition) is 0. The lowest BCUT2D eigenvalue weighted by Gasteiger charge is -2.14. The van der Waals surface area contributed by atoms with Crippen LogP contribution in [0.4, 0.5) is 0 Å². The van der Waals surface area contributed by atoms with Gasteiger partial charge in [-0.25, -0.2) is 4.98 Å². The van der Waals surface area contributed by atoms with Gasteiger partial charge in [0.1, 0.15) is 0 Å². The van der Waals surface area contributed by atoms with Crippen LogP contribution >= 0.6 is 0 Å². The van der Waals surface area contributed by atoms with E-state index in [1.54, 1.807) is 6.92 Å². The van der Waals surface area contributed by atoms with Crippen molar-refractivity contribution in [3.8, 4) is 5.88 Å². The molecule has 0 aromatic carbocycles. The third-order valence-electron chi connectivity index (χ3n) is 3.16. The summed E-state index contributed by atoms with van der Waals surface area (Å²) in [6.07, 6.45) is 2.88. The van der Waals surface area contributed by atoms with E-state index in [0.717, 1.165) is 19.5 Å². The molecule has 1 fully saturated rings. The lowest BCUT2D eigenvalue weighted by atomic mass is 10.0. The molecule has 0 saturated carbocycles. The number of rotatable bonds is 3. The largest absolute Gasteiger partial charge is 0.478 e. The minimum absolute atomic E-state index is 0.159. The zero-order valence-electron chi connectivity index (χ0n) is 10.3. The van der Waals surface area contributed by atoms with Gasteiger partial charge in [0, 0.05) is 38.2 Å². The molecule has 2 heterocycles. The van der Waals surface area contributed by atoms with Crippen LogP contribution in [0.5, 0.6) is 5.88 Å². The van der Waals surface area contributed by atoms with Crippen LogP contribution in [0.3, 0.4) is 0 Å². The summed E-state index contributed by atoms with van der Waals surface area (Å²) in [5.41, 5.74) is 1.19. The predicted molar refractivity (Wildman–Crippen MR) is 65.0 cm³/mol. The highest BCUT2D eigenvalue weighted by Gasteiger charge is 2.25. The Labute approximate surface area is 102 Å². The van der Waals surface area contributed by atoms with E-state index < -0.39 is 0 Å². The Morgan fingerprint density at radius 3 is 2.94 bits per heavy atom. The van der Waals surface area contributed by atoms with Gasteiger partial charge in [-0.2, -0.15) is 0 Å². The van der Waals surface area contributed by atoms with E-state index in [4.69, 9.17) is 4.74 Å². The van der Waals surface area contributed by atoms with Gasteiger partial charge in [0.25, 0.3) is 0 Å². The predicted octanol–water partition coefficient (Wildman–Crippen LogP) is 1.82. The minimum atomic E-state index is 0.159. The van der Waals surface area contributed by atoms with Gasteiger partial charge in [-0.15, -0.1) is 0 Å². The lowest BCUT2D eigenvalue weighted by molar-refractivity contribution is -0.127. The van der Waals surface area contributed by atoms with Crippen LogP contribution in [0.1, 0.15) is 31.7 Å². The van der Waals surface area contributed by atoms with Crippen LogP contribution in [-0.4, -0.2) is 35.5 Å². The number of pyridine rings is 1. The highest BCUT2D eigenvalue weighted by atomic mass is 16.5. The molecule has 1 aromatic heterocycles. The Morgan fingerprint density at radius 1 is 1.59 bits per heavy atom. The van der Waals surface area contributed by atoms with E-state index in [9.17, 15) is 4.79 Å². The number of ether oxygens (including phenoxy) is 1. The van der Waals surface area contributed by atoms with Crippen molar-refractivity contribution in [2.45, 2.75) is 26.2 Å². The van der Waals surface area contributed by atoms with Crippen LogP contribution in [-0.2, 0) is 4.79 Å². The van der Waals surface area contributed by atoms with Crippen LogP contribution in [0, 0.1) is 0 Å². The van der Waals surface area contributed by atoms with E-state index >= 15 is 0 Å². The minimum Gasteiger partial charge on any atom is -0.478 e. The topological polar surface area (TPSA) is 42.4 Å². The second kappa shape index (κ2) is 5.17. The van der Waals surface area contributed by atoms with Gasteiger partial charge in [0.05, 0.1) is 6.61 Å². The summed E-state index contributed by atoms with van der Waals surface area (Å²) in [5.74, 6) is 1.24. The van der Waals surface area contributed by atoms with Crippen LogP contribution < -0.4 is 4.74 Å². The van der Waals surface area contributed by atoms with Crippen molar-refractivity contribution in [2.75, 3.05) is 19.7 Å². The Kier molecular flexibility index (Phi) is 3.61. The number of nitrogens with zero attached hydrogens (tertiary/aromatic N) is 2. The van der Waals surface area contributed by atoms with Gasteiger partial charge in [-0.3, -0.25) is 4.79 Å². The van der Waals surface area contributed by atoms with Gasteiger partial charge in [0.2, 0.25) is 11.8 Å². The Balaban J connectivity index is 2.01. The van der Waals surface area contributed by atoms with E-state index in [-0.39, 0.29) is 5.91 Å². The van der Waals surface area contributed by atoms with E-state index in [1.807, 2.05) is 30.2 Å². The number of hydrogen-bond acceptors (Lipinski definition) is 3. The molecule has 0 aliphatic carbocycles. The quantitative estimate of drug-likeness (QED) is 0.801. The molecule has 0 bridgehead atoms. The Bertz CT molecular complexity index is 389. The molecule has 1 aliphatic heterocycles. The zero-order chi connectivity index (χ0) is 12.3. The lowest BCUT2D eigenvalue weighted by Crippen LogP contribution is -2.25. The van der Waals surface area contributed by atoms with Crippen molar-refractivity contribution in [3.05, 3.63) is 23.9 Å². The first-order chi connectivity index (χ1) is 8.20. The molecule has 17 heavy (non-hydrogen) atoms. The molecule has 1 aliphatic rings. The number of carbonyl (C=O) groups is 1. The average molecular weight is 234 g/mol. The second-order valence-corrected chi connectivity index (χ2v) is 4.31. The molecule has 92 valence electrons. The summed E-state index contributed by atoms with van der Waals surface area (Å²) in [6, 6.07) is 3.95. The first-order valence-corrected chi connectivity index (χ1v) is 6.05. The summed E-state index contributed by atoms with van der Waals surface area (Å²) >= 11 is 0. The maximum atomic E-state index is 11.3. The van der Waals surface area contributed by atoms with E-state index in [2.05, 4.69) is 4.98 Å². The van der Waals surface area contributed by atoms with Crippen molar-refractivity contribution in [1.29, 1.82) is 0 Å². The average Bonchev–Trinajstić information content (AvgIpc) is 2.80. The first-order valence-electron chi connectivity index (χ1n) is 6.05. The second-order valence-electron chi connectivity index (χ2n) is 4.31. The fourth-order valence-corrected chi connectivity index (χ4v) is 2.18. The number of likely N-dealkylation sites (tertiary alicyclic amines) is 1. The van der Waals surface area contributed by atoms with Crippen molar-refractivity contribution in [2.24, 2.45) is 0 Å². The van der Waals surface area contributed by atoms with E-state index in [1.165, 1.54) is 5.56 Å². The number of carbonyl (C=O) groups excluding carboxylic acids is 1. The SMILES string of the molecule is CCOc1ccc(C2CCN(C(C)=O)C2)cn1. The summed E-state index contributed by atoms with van der Waals surface area (Å²) in [4.78, 5) is 17.4. The first kappa shape index (κ1) is 11.9. The Hall–Kier alpha value is -1.58. The highest BCUT2D eigenvalue weighted by Crippen LogP contribution is 2.27. The molecular formula is C13H18N2O2.